The van der Waals surface area contributed by atoms with Gasteiger partial charge in [0.15, 0.2) is 11.5 Å². The molecule has 0 unspecified atom stereocenters. The third-order valence-corrected chi connectivity index (χ3v) is 4.79. The molecule has 27 heavy (non-hydrogen) atoms. The van der Waals surface area contributed by atoms with E-state index in [0.717, 1.165) is 17.1 Å². The van der Waals surface area contributed by atoms with E-state index in [2.05, 4.69) is 5.32 Å². The van der Waals surface area contributed by atoms with E-state index in [1.54, 1.807) is 13.2 Å². The zero-order valence-corrected chi connectivity index (χ0v) is 15.7. The van der Waals surface area contributed by atoms with Crippen molar-refractivity contribution in [2.75, 3.05) is 13.7 Å². The maximum Gasteiger partial charge on any atom is 0.265 e. The van der Waals surface area contributed by atoms with Crippen molar-refractivity contribution in [1.82, 2.24) is 5.32 Å². The minimum Gasteiger partial charge on any atom is -0.497 e. The maximum absolute atomic E-state index is 12.9. The molecule has 0 fully saturated rings. The Morgan fingerprint density at radius 1 is 1.15 bits per heavy atom. The lowest BCUT2D eigenvalue weighted by Gasteiger charge is -2.38. The molecule has 0 aromatic heterocycles. The summed E-state index contributed by atoms with van der Waals surface area (Å²) in [7, 11) is 1.62. The summed E-state index contributed by atoms with van der Waals surface area (Å²) in [5.74, 6) is 2.51. The van der Waals surface area contributed by atoms with E-state index >= 15 is 0 Å². The second-order valence-electron chi connectivity index (χ2n) is 7.40. The molecule has 0 spiro atoms. The van der Waals surface area contributed by atoms with Crippen LogP contribution in [0.3, 0.4) is 0 Å². The number of carbonyl (C=O) groups excluding carboxylic acids is 1. The highest BCUT2D eigenvalue weighted by Gasteiger charge is 2.37. The molecule has 0 aliphatic carbocycles. The van der Waals surface area contributed by atoms with Crippen molar-refractivity contribution >= 4 is 5.91 Å². The predicted octanol–water partition coefficient (Wildman–Crippen LogP) is 3.25. The fourth-order valence-corrected chi connectivity index (χ4v) is 3.50. The Labute approximate surface area is 158 Å². The van der Waals surface area contributed by atoms with Crippen molar-refractivity contribution in [2.45, 2.75) is 38.0 Å². The Morgan fingerprint density at radius 2 is 1.93 bits per heavy atom. The van der Waals surface area contributed by atoms with Crippen LogP contribution in [0.25, 0.3) is 0 Å². The number of methoxy groups -OCH3 is 1. The predicted molar refractivity (Wildman–Crippen MR) is 99.6 cm³/mol. The molecule has 0 bridgehead atoms. The van der Waals surface area contributed by atoms with Gasteiger partial charge in [-0.25, -0.2) is 0 Å². The van der Waals surface area contributed by atoms with Crippen LogP contribution >= 0.6 is 0 Å². The monoisotopic (exact) mass is 369 g/mol. The Kier molecular flexibility index (Phi) is 4.34. The van der Waals surface area contributed by atoms with Gasteiger partial charge in [0.1, 0.15) is 23.7 Å². The molecule has 6 heteroatoms. The molecule has 2 aliphatic heterocycles. The Bertz CT molecular complexity index is 863. The van der Waals surface area contributed by atoms with Gasteiger partial charge in [0.2, 0.25) is 6.10 Å². The molecule has 2 aromatic rings. The third kappa shape index (κ3) is 3.52. The molecule has 1 N–H and O–H groups in total. The van der Waals surface area contributed by atoms with Crippen LogP contribution in [0.1, 0.15) is 31.9 Å². The molecule has 2 heterocycles. The van der Waals surface area contributed by atoms with Crippen LogP contribution in [0, 0.1) is 0 Å². The van der Waals surface area contributed by atoms with Crippen molar-refractivity contribution in [1.29, 1.82) is 0 Å². The molecular formula is C21H23NO5. The van der Waals surface area contributed by atoms with Gasteiger partial charge in [-0.3, -0.25) is 4.79 Å². The number of hydrogen-bond acceptors (Lipinski definition) is 5. The summed E-state index contributed by atoms with van der Waals surface area (Å²) in [6, 6.07) is 12.8. The molecule has 2 atom stereocenters. The number of carbonyl (C=O) groups is 1. The number of nitrogens with one attached hydrogen (secondary N) is 1. The summed E-state index contributed by atoms with van der Waals surface area (Å²) in [5.41, 5.74) is 0.509. The number of fused-ring (bicyclic) bond motifs is 2. The summed E-state index contributed by atoms with van der Waals surface area (Å²) in [6.07, 6.45) is -0.0526. The van der Waals surface area contributed by atoms with Crippen molar-refractivity contribution in [3.8, 4) is 23.0 Å². The van der Waals surface area contributed by atoms with Crippen LogP contribution < -0.4 is 24.3 Å². The number of para-hydroxylation sites is 2. The zero-order chi connectivity index (χ0) is 19.0. The van der Waals surface area contributed by atoms with Crippen molar-refractivity contribution in [2.24, 2.45) is 0 Å². The van der Waals surface area contributed by atoms with Crippen LogP contribution in [0.5, 0.6) is 23.0 Å². The molecule has 4 rings (SSSR count). The standard InChI is InChI=1S/C21H23NO5/c1-21(2)11-15(14-10-13(24-3)8-9-16(14)27-21)22-20(23)19-12-25-17-6-4-5-7-18(17)26-19/h4-10,15,19H,11-12H2,1-3H3,(H,22,23)/t15-,19+/m0/s1. The SMILES string of the molecule is COc1ccc2c(c1)[C@@H](NC(=O)[C@H]1COc3ccccc3O1)CC(C)(C)O2. The van der Waals surface area contributed by atoms with Gasteiger partial charge < -0.3 is 24.3 Å². The molecule has 142 valence electrons. The first-order chi connectivity index (χ1) is 12.9. The highest BCUT2D eigenvalue weighted by molar-refractivity contribution is 5.82. The van der Waals surface area contributed by atoms with Crippen LogP contribution in [-0.4, -0.2) is 31.3 Å². The van der Waals surface area contributed by atoms with Gasteiger partial charge in [-0.1, -0.05) is 12.1 Å². The van der Waals surface area contributed by atoms with Crippen LogP contribution in [0.2, 0.25) is 0 Å². The smallest absolute Gasteiger partial charge is 0.265 e. The lowest BCUT2D eigenvalue weighted by molar-refractivity contribution is -0.131. The average molecular weight is 369 g/mol. The average Bonchev–Trinajstić information content (AvgIpc) is 2.66. The molecule has 6 nitrogen and oxygen atoms in total. The molecule has 2 aliphatic rings. The normalized spacial score (nSPS) is 22.2. The zero-order valence-electron chi connectivity index (χ0n) is 15.7. The fourth-order valence-electron chi connectivity index (χ4n) is 3.50. The van der Waals surface area contributed by atoms with Gasteiger partial charge in [-0.2, -0.15) is 0 Å². The number of amides is 1. The number of hydrogen-bond donors (Lipinski definition) is 1. The lowest BCUT2D eigenvalue weighted by Crippen LogP contribution is -2.48. The van der Waals surface area contributed by atoms with Crippen LogP contribution in [-0.2, 0) is 4.79 Å². The van der Waals surface area contributed by atoms with Crippen molar-refractivity contribution in [3.05, 3.63) is 48.0 Å². The topological polar surface area (TPSA) is 66.0 Å². The Hall–Kier alpha value is -2.89. The largest absolute Gasteiger partial charge is 0.497 e. The highest BCUT2D eigenvalue weighted by Crippen LogP contribution is 2.41. The molecule has 0 radical (unpaired) electrons. The van der Waals surface area contributed by atoms with E-state index in [1.165, 1.54) is 0 Å². The minimum absolute atomic E-state index is 0.181. The van der Waals surface area contributed by atoms with E-state index in [9.17, 15) is 4.79 Å². The first kappa shape index (κ1) is 17.5. The molecular weight excluding hydrogens is 346 g/mol. The first-order valence-electron chi connectivity index (χ1n) is 9.01. The van der Waals surface area contributed by atoms with Crippen molar-refractivity contribution < 1.29 is 23.7 Å². The van der Waals surface area contributed by atoms with E-state index in [-0.39, 0.29) is 18.6 Å². The van der Waals surface area contributed by atoms with Gasteiger partial charge in [0, 0.05) is 12.0 Å². The van der Waals surface area contributed by atoms with E-state index in [4.69, 9.17) is 18.9 Å². The molecule has 0 saturated heterocycles. The van der Waals surface area contributed by atoms with Gasteiger partial charge in [-0.15, -0.1) is 0 Å². The van der Waals surface area contributed by atoms with Gasteiger partial charge >= 0.3 is 0 Å². The van der Waals surface area contributed by atoms with E-state index < -0.39 is 11.7 Å². The number of benzene rings is 2. The van der Waals surface area contributed by atoms with Crippen LogP contribution in [0.15, 0.2) is 42.5 Å². The third-order valence-electron chi connectivity index (χ3n) is 4.79. The molecule has 1 amide bonds. The highest BCUT2D eigenvalue weighted by atomic mass is 16.6. The molecule has 2 aromatic carbocycles. The lowest BCUT2D eigenvalue weighted by atomic mass is 9.89. The summed E-state index contributed by atoms with van der Waals surface area (Å²) in [5, 5.41) is 3.10. The van der Waals surface area contributed by atoms with Gasteiger partial charge in [-0.05, 0) is 44.2 Å². The van der Waals surface area contributed by atoms with E-state index in [1.807, 2.05) is 50.2 Å². The Balaban J connectivity index is 1.54. The number of ether oxygens (including phenoxy) is 4. The number of rotatable bonds is 3. The van der Waals surface area contributed by atoms with Gasteiger partial charge in [0.05, 0.1) is 13.2 Å². The Morgan fingerprint density at radius 3 is 2.70 bits per heavy atom. The first-order valence-corrected chi connectivity index (χ1v) is 9.01. The maximum atomic E-state index is 12.9. The van der Waals surface area contributed by atoms with Crippen LogP contribution in [0.4, 0.5) is 0 Å². The summed E-state index contributed by atoms with van der Waals surface area (Å²) < 4.78 is 22.9. The second kappa shape index (κ2) is 6.68. The fraction of sp³-hybridized carbons (Fsp3) is 0.381. The van der Waals surface area contributed by atoms with Crippen molar-refractivity contribution in [3.63, 3.8) is 0 Å². The quantitative estimate of drug-likeness (QED) is 0.900. The summed E-state index contributed by atoms with van der Waals surface area (Å²) in [4.78, 5) is 12.9. The minimum atomic E-state index is -0.695. The molecule has 0 saturated carbocycles. The summed E-state index contributed by atoms with van der Waals surface area (Å²) >= 11 is 0. The van der Waals surface area contributed by atoms with E-state index in [0.29, 0.717) is 17.9 Å². The summed E-state index contributed by atoms with van der Waals surface area (Å²) in [6.45, 7) is 4.20. The van der Waals surface area contributed by atoms with Gasteiger partial charge in [0.25, 0.3) is 5.91 Å². The second-order valence-corrected chi connectivity index (χ2v) is 7.40.